The monoisotopic (exact) mass is 222 g/mol. The minimum absolute atomic E-state index is 0.631. The van der Waals surface area contributed by atoms with E-state index in [0.29, 0.717) is 19.8 Å². The lowest BCUT2D eigenvalue weighted by Crippen LogP contribution is -2.22. The minimum Gasteiger partial charge on any atom is -0.486 e. The van der Waals surface area contributed by atoms with Crippen molar-refractivity contribution >= 4 is 0 Å². The van der Waals surface area contributed by atoms with Gasteiger partial charge >= 0.3 is 0 Å². The molecule has 0 aliphatic carbocycles. The molecule has 1 aromatic rings. The van der Waals surface area contributed by atoms with Gasteiger partial charge in [0.25, 0.3) is 0 Å². The molecule has 0 unspecified atom stereocenters. The van der Waals surface area contributed by atoms with Gasteiger partial charge in [-0.25, -0.2) is 0 Å². The van der Waals surface area contributed by atoms with Gasteiger partial charge in [-0.2, -0.15) is 0 Å². The van der Waals surface area contributed by atoms with Gasteiger partial charge in [0.1, 0.15) is 13.2 Å². The maximum atomic E-state index is 5.55. The Morgan fingerprint density at radius 1 is 1.25 bits per heavy atom. The van der Waals surface area contributed by atoms with Crippen molar-refractivity contribution in [2.24, 2.45) is 5.73 Å². The van der Waals surface area contributed by atoms with Gasteiger partial charge in [-0.05, 0) is 30.2 Å². The average molecular weight is 222 g/mol. The molecule has 2 rings (SSSR count). The lowest BCUT2D eigenvalue weighted by molar-refractivity contribution is 0.171. The third-order valence-electron chi connectivity index (χ3n) is 2.64. The van der Waals surface area contributed by atoms with Crippen molar-refractivity contribution in [2.75, 3.05) is 26.3 Å². The van der Waals surface area contributed by atoms with Crippen LogP contribution in [0.1, 0.15) is 11.1 Å². The number of hydrogen-bond acceptors (Lipinski definition) is 4. The Morgan fingerprint density at radius 3 is 2.62 bits per heavy atom. The van der Waals surface area contributed by atoms with Gasteiger partial charge in [0.05, 0.1) is 0 Å². The van der Waals surface area contributed by atoms with E-state index in [1.165, 1.54) is 11.1 Å². The smallest absolute Gasteiger partial charge is 0.161 e. The van der Waals surface area contributed by atoms with Crippen molar-refractivity contribution in [3.05, 3.63) is 23.3 Å². The highest BCUT2D eigenvalue weighted by molar-refractivity contribution is 5.47. The van der Waals surface area contributed by atoms with Gasteiger partial charge in [0.15, 0.2) is 11.5 Å². The fourth-order valence-electron chi connectivity index (χ4n) is 1.75. The molecule has 16 heavy (non-hydrogen) atoms. The van der Waals surface area contributed by atoms with Gasteiger partial charge in [-0.15, -0.1) is 0 Å². The molecule has 0 saturated carbocycles. The third kappa shape index (κ3) is 2.46. The zero-order valence-electron chi connectivity index (χ0n) is 9.58. The molecule has 88 valence electrons. The van der Waals surface area contributed by atoms with E-state index in [9.17, 15) is 0 Å². The second kappa shape index (κ2) is 5.18. The molecule has 0 radical (unpaired) electrons. The Hall–Kier alpha value is -1.26. The van der Waals surface area contributed by atoms with Crippen molar-refractivity contribution in [2.45, 2.75) is 13.5 Å². The first-order chi connectivity index (χ1) is 7.81. The minimum atomic E-state index is 0.631. The van der Waals surface area contributed by atoms with Crippen LogP contribution in [-0.2, 0) is 6.54 Å². The summed E-state index contributed by atoms with van der Waals surface area (Å²) in [5, 5.41) is 3.28. The Labute approximate surface area is 95.7 Å². The summed E-state index contributed by atoms with van der Waals surface area (Å²) in [6.07, 6.45) is 0. The number of ether oxygens (including phenoxy) is 2. The molecule has 0 aromatic heterocycles. The summed E-state index contributed by atoms with van der Waals surface area (Å²) in [5.41, 5.74) is 7.88. The Balaban J connectivity index is 2.12. The van der Waals surface area contributed by atoms with Crippen molar-refractivity contribution in [1.82, 2.24) is 5.32 Å². The van der Waals surface area contributed by atoms with E-state index in [-0.39, 0.29) is 0 Å². The van der Waals surface area contributed by atoms with E-state index in [2.05, 4.69) is 12.2 Å². The summed E-state index contributed by atoms with van der Waals surface area (Å²) < 4.78 is 11.1. The van der Waals surface area contributed by atoms with Crippen LogP contribution >= 0.6 is 0 Å². The lowest BCUT2D eigenvalue weighted by atomic mass is 10.1. The summed E-state index contributed by atoms with van der Waals surface area (Å²) >= 11 is 0. The van der Waals surface area contributed by atoms with Crippen molar-refractivity contribution in [3.63, 3.8) is 0 Å². The predicted molar refractivity (Wildman–Crippen MR) is 62.9 cm³/mol. The fraction of sp³-hybridized carbons (Fsp3) is 0.500. The van der Waals surface area contributed by atoms with Gasteiger partial charge < -0.3 is 20.5 Å². The first-order valence-electron chi connectivity index (χ1n) is 5.61. The molecular formula is C12H18N2O2. The van der Waals surface area contributed by atoms with Crippen LogP contribution in [-0.4, -0.2) is 26.3 Å². The third-order valence-corrected chi connectivity index (χ3v) is 2.64. The number of hydrogen-bond donors (Lipinski definition) is 2. The van der Waals surface area contributed by atoms with Gasteiger partial charge in [-0.1, -0.05) is 0 Å². The highest BCUT2D eigenvalue weighted by Crippen LogP contribution is 2.32. The number of rotatable bonds is 4. The topological polar surface area (TPSA) is 56.5 Å². The zero-order chi connectivity index (χ0) is 11.4. The molecule has 4 heteroatoms. The first kappa shape index (κ1) is 11.2. The van der Waals surface area contributed by atoms with Gasteiger partial charge in [0.2, 0.25) is 0 Å². The van der Waals surface area contributed by atoms with E-state index >= 15 is 0 Å². The quantitative estimate of drug-likeness (QED) is 0.740. The summed E-state index contributed by atoms with van der Waals surface area (Å²) in [5.74, 6) is 1.70. The number of nitrogens with two attached hydrogens (primary N) is 1. The average Bonchev–Trinajstić information content (AvgIpc) is 2.30. The van der Waals surface area contributed by atoms with E-state index in [1.54, 1.807) is 0 Å². The number of fused-ring (bicyclic) bond motifs is 1. The van der Waals surface area contributed by atoms with Crippen molar-refractivity contribution in [3.8, 4) is 11.5 Å². The molecule has 1 aromatic carbocycles. The van der Waals surface area contributed by atoms with E-state index in [4.69, 9.17) is 15.2 Å². The predicted octanol–water partition coefficient (Wildman–Crippen LogP) is 0.815. The summed E-state index contributed by atoms with van der Waals surface area (Å²) in [7, 11) is 0. The lowest BCUT2D eigenvalue weighted by Gasteiger charge is -2.20. The molecule has 0 saturated heterocycles. The summed E-state index contributed by atoms with van der Waals surface area (Å²) in [4.78, 5) is 0. The van der Waals surface area contributed by atoms with Crippen molar-refractivity contribution in [1.29, 1.82) is 0 Å². The van der Waals surface area contributed by atoms with Crippen LogP contribution < -0.4 is 20.5 Å². The molecule has 4 nitrogen and oxygen atoms in total. The Bertz CT molecular complexity index is 366. The molecule has 0 atom stereocenters. The SMILES string of the molecule is Cc1cc2c(cc1CNCCN)OCCO2. The molecule has 0 amide bonds. The fourth-order valence-corrected chi connectivity index (χ4v) is 1.75. The van der Waals surface area contributed by atoms with E-state index in [1.807, 2.05) is 12.1 Å². The van der Waals surface area contributed by atoms with Crippen LogP contribution in [0, 0.1) is 6.92 Å². The summed E-state index contributed by atoms with van der Waals surface area (Å²) in [6, 6.07) is 4.08. The molecule has 1 aliphatic heterocycles. The van der Waals surface area contributed by atoms with Crippen LogP contribution in [0.2, 0.25) is 0 Å². The van der Waals surface area contributed by atoms with Crippen LogP contribution in [0.25, 0.3) is 0 Å². The maximum Gasteiger partial charge on any atom is 0.161 e. The first-order valence-corrected chi connectivity index (χ1v) is 5.61. The molecule has 1 aliphatic rings. The Kier molecular flexibility index (Phi) is 3.64. The highest BCUT2D eigenvalue weighted by Gasteiger charge is 2.13. The van der Waals surface area contributed by atoms with Gasteiger partial charge in [0, 0.05) is 19.6 Å². The normalized spacial score (nSPS) is 13.9. The molecule has 0 spiro atoms. The van der Waals surface area contributed by atoms with Crippen LogP contribution in [0.5, 0.6) is 11.5 Å². The highest BCUT2D eigenvalue weighted by atomic mass is 16.6. The van der Waals surface area contributed by atoms with E-state index < -0.39 is 0 Å². The number of aryl methyl sites for hydroxylation is 1. The largest absolute Gasteiger partial charge is 0.486 e. The van der Waals surface area contributed by atoms with Gasteiger partial charge in [-0.3, -0.25) is 0 Å². The van der Waals surface area contributed by atoms with Crippen LogP contribution in [0.3, 0.4) is 0 Å². The second-order valence-corrected chi connectivity index (χ2v) is 3.89. The standard InChI is InChI=1S/C12H18N2O2/c1-9-6-11-12(16-5-4-15-11)7-10(9)8-14-3-2-13/h6-7,14H,2-5,8,13H2,1H3. The molecule has 0 fully saturated rings. The van der Waals surface area contributed by atoms with Crippen LogP contribution in [0.15, 0.2) is 12.1 Å². The Morgan fingerprint density at radius 2 is 1.94 bits per heavy atom. The second-order valence-electron chi connectivity index (χ2n) is 3.89. The zero-order valence-corrected chi connectivity index (χ0v) is 9.58. The maximum absolute atomic E-state index is 5.55. The summed E-state index contributed by atoms with van der Waals surface area (Å²) in [6.45, 7) is 5.65. The molecule has 0 bridgehead atoms. The molecular weight excluding hydrogens is 204 g/mol. The number of benzene rings is 1. The van der Waals surface area contributed by atoms with Crippen molar-refractivity contribution < 1.29 is 9.47 Å². The molecule has 1 heterocycles. The van der Waals surface area contributed by atoms with E-state index in [0.717, 1.165) is 24.6 Å². The van der Waals surface area contributed by atoms with Crippen LogP contribution in [0.4, 0.5) is 0 Å². The number of nitrogens with one attached hydrogen (secondary N) is 1. The molecule has 3 N–H and O–H groups in total.